The Balaban J connectivity index is 1.32. The average molecular weight is 268 g/mol. The van der Waals surface area contributed by atoms with Crippen LogP contribution in [0.3, 0.4) is 0 Å². The van der Waals surface area contributed by atoms with Crippen molar-refractivity contribution in [3.63, 3.8) is 0 Å². The predicted molar refractivity (Wildman–Crippen MR) is 76.1 cm³/mol. The molecule has 1 amide bonds. The number of carbonyl (C=O) groups is 1. The van der Waals surface area contributed by atoms with Gasteiger partial charge in [-0.05, 0) is 66.2 Å². The van der Waals surface area contributed by atoms with Gasteiger partial charge in [0.15, 0.2) is 0 Å². The molecule has 1 heterocycles. The van der Waals surface area contributed by atoms with Crippen LogP contribution in [-0.2, 0) is 13.1 Å². The van der Waals surface area contributed by atoms with Gasteiger partial charge in [0.05, 0.1) is 0 Å². The fourth-order valence-electron chi connectivity index (χ4n) is 5.19. The van der Waals surface area contributed by atoms with Crippen molar-refractivity contribution in [1.29, 1.82) is 0 Å². The van der Waals surface area contributed by atoms with Crippen molar-refractivity contribution in [3.8, 4) is 0 Å². The van der Waals surface area contributed by atoms with Crippen molar-refractivity contribution in [2.75, 3.05) is 0 Å². The van der Waals surface area contributed by atoms with Crippen LogP contribution in [0.5, 0.6) is 0 Å². The van der Waals surface area contributed by atoms with Crippen molar-refractivity contribution in [2.45, 2.75) is 38.4 Å². The first kappa shape index (κ1) is 11.3. The number of benzene rings is 1. The molecule has 3 nitrogen and oxygen atoms in total. The molecule has 4 aliphatic rings. The smallest absolute Gasteiger partial charge is 0.251 e. The molecule has 1 aliphatic heterocycles. The van der Waals surface area contributed by atoms with Crippen LogP contribution in [-0.4, -0.2) is 11.9 Å². The maximum Gasteiger partial charge on any atom is 0.251 e. The van der Waals surface area contributed by atoms with E-state index in [1.807, 2.05) is 6.07 Å². The number of fused-ring (bicyclic) bond motifs is 6. The molecular formula is C17H20N2O. The standard InChI is InChI=1S/C17H20N2O/c20-17(11-3-4-12-7-18-8-13(12)6-11)19-16-14-9-1-2-10(5-9)15(14)16/h3-4,6,9-10,14-16,18H,1-2,5,7-8H2,(H,19,20). The van der Waals surface area contributed by atoms with Crippen molar-refractivity contribution >= 4 is 5.91 Å². The number of rotatable bonds is 2. The molecule has 1 aromatic carbocycles. The largest absolute Gasteiger partial charge is 0.349 e. The predicted octanol–water partition coefficient (Wildman–Crippen LogP) is 2.06. The molecule has 3 fully saturated rings. The van der Waals surface area contributed by atoms with E-state index in [2.05, 4.69) is 22.8 Å². The summed E-state index contributed by atoms with van der Waals surface area (Å²) in [6.07, 6.45) is 4.25. The van der Waals surface area contributed by atoms with Crippen molar-refractivity contribution in [2.24, 2.45) is 23.7 Å². The van der Waals surface area contributed by atoms with Gasteiger partial charge in [0.2, 0.25) is 0 Å². The lowest BCUT2D eigenvalue weighted by Gasteiger charge is -2.11. The van der Waals surface area contributed by atoms with Crippen LogP contribution in [0, 0.1) is 23.7 Å². The van der Waals surface area contributed by atoms with Gasteiger partial charge in [-0.25, -0.2) is 0 Å². The van der Waals surface area contributed by atoms with Gasteiger partial charge in [-0.3, -0.25) is 4.79 Å². The van der Waals surface area contributed by atoms with Crippen LogP contribution in [0.4, 0.5) is 0 Å². The summed E-state index contributed by atoms with van der Waals surface area (Å²) in [5.74, 6) is 3.60. The quantitative estimate of drug-likeness (QED) is 0.862. The van der Waals surface area contributed by atoms with E-state index in [1.54, 1.807) is 0 Å². The second-order valence-corrected chi connectivity index (χ2v) is 7.07. The Morgan fingerprint density at radius 3 is 2.65 bits per heavy atom. The molecule has 0 aromatic heterocycles. The second kappa shape index (κ2) is 3.85. The summed E-state index contributed by atoms with van der Waals surface area (Å²) in [6, 6.07) is 6.63. The molecule has 0 saturated heterocycles. The topological polar surface area (TPSA) is 41.1 Å². The van der Waals surface area contributed by atoms with Crippen molar-refractivity contribution in [1.82, 2.24) is 10.6 Å². The van der Waals surface area contributed by atoms with Crippen molar-refractivity contribution in [3.05, 3.63) is 34.9 Å². The molecule has 0 spiro atoms. The lowest BCUT2D eigenvalue weighted by Crippen LogP contribution is -2.30. The zero-order chi connectivity index (χ0) is 13.3. The van der Waals surface area contributed by atoms with Gasteiger partial charge in [0.25, 0.3) is 5.91 Å². The number of amides is 1. The van der Waals surface area contributed by atoms with Gasteiger partial charge in [-0.1, -0.05) is 6.07 Å². The third-order valence-corrected chi connectivity index (χ3v) is 6.13. The van der Waals surface area contributed by atoms with Crippen LogP contribution in [0.25, 0.3) is 0 Å². The Morgan fingerprint density at radius 1 is 1.10 bits per heavy atom. The molecule has 104 valence electrons. The molecule has 3 heteroatoms. The molecule has 0 radical (unpaired) electrons. The minimum Gasteiger partial charge on any atom is -0.349 e. The highest BCUT2D eigenvalue weighted by Crippen LogP contribution is 2.65. The summed E-state index contributed by atoms with van der Waals surface area (Å²) in [6.45, 7) is 1.84. The average Bonchev–Trinajstić information content (AvgIpc) is 2.92. The van der Waals surface area contributed by atoms with Crippen LogP contribution in [0.1, 0.15) is 40.7 Å². The maximum atomic E-state index is 12.4. The number of nitrogens with one attached hydrogen (secondary N) is 2. The summed E-state index contributed by atoms with van der Waals surface area (Å²) in [7, 11) is 0. The zero-order valence-electron chi connectivity index (χ0n) is 11.6. The summed E-state index contributed by atoms with van der Waals surface area (Å²) in [5, 5.41) is 6.63. The van der Waals surface area contributed by atoms with E-state index in [0.717, 1.165) is 42.3 Å². The number of carbonyl (C=O) groups excluding carboxylic acids is 1. The highest BCUT2D eigenvalue weighted by molar-refractivity contribution is 5.95. The van der Waals surface area contributed by atoms with Crippen LogP contribution < -0.4 is 10.6 Å². The first-order valence-electron chi connectivity index (χ1n) is 7.94. The Bertz CT molecular complexity index is 581. The molecular weight excluding hydrogens is 248 g/mol. The minimum absolute atomic E-state index is 0.137. The summed E-state index contributed by atoms with van der Waals surface area (Å²) in [5.41, 5.74) is 3.46. The summed E-state index contributed by atoms with van der Waals surface area (Å²) < 4.78 is 0. The van der Waals surface area contributed by atoms with Crippen molar-refractivity contribution < 1.29 is 4.79 Å². The van der Waals surface area contributed by atoms with E-state index in [4.69, 9.17) is 0 Å². The number of hydrogen-bond donors (Lipinski definition) is 2. The van der Waals surface area contributed by atoms with E-state index >= 15 is 0 Å². The molecule has 20 heavy (non-hydrogen) atoms. The lowest BCUT2D eigenvalue weighted by atomic mass is 10.0. The normalized spacial score (nSPS) is 39.5. The fourth-order valence-corrected chi connectivity index (χ4v) is 5.19. The molecule has 2 N–H and O–H groups in total. The van der Waals surface area contributed by atoms with Gasteiger partial charge < -0.3 is 10.6 Å². The molecule has 3 saturated carbocycles. The molecule has 4 atom stereocenters. The third-order valence-electron chi connectivity index (χ3n) is 6.13. The highest BCUT2D eigenvalue weighted by atomic mass is 16.1. The Morgan fingerprint density at radius 2 is 1.85 bits per heavy atom. The zero-order valence-corrected chi connectivity index (χ0v) is 11.6. The Kier molecular flexibility index (Phi) is 2.18. The van der Waals surface area contributed by atoms with E-state index in [-0.39, 0.29) is 5.91 Å². The summed E-state index contributed by atoms with van der Waals surface area (Å²) in [4.78, 5) is 12.4. The SMILES string of the molecule is O=C(NC1C2C3CCC(C3)C12)c1ccc2c(c1)CNC2. The van der Waals surface area contributed by atoms with Gasteiger partial charge in [0.1, 0.15) is 0 Å². The Hall–Kier alpha value is -1.35. The first-order chi connectivity index (χ1) is 9.81. The molecule has 3 aliphatic carbocycles. The third kappa shape index (κ3) is 1.47. The van der Waals surface area contributed by atoms with E-state index < -0.39 is 0 Å². The second-order valence-electron chi connectivity index (χ2n) is 7.07. The highest BCUT2D eigenvalue weighted by Gasteiger charge is 2.65. The molecule has 4 unspecified atom stereocenters. The minimum atomic E-state index is 0.137. The molecule has 1 aromatic rings. The maximum absolute atomic E-state index is 12.4. The van der Waals surface area contributed by atoms with E-state index in [9.17, 15) is 4.79 Å². The fraction of sp³-hybridized carbons (Fsp3) is 0.588. The van der Waals surface area contributed by atoms with Gasteiger partial charge in [-0.15, -0.1) is 0 Å². The van der Waals surface area contributed by atoms with E-state index in [1.165, 1.54) is 30.4 Å². The monoisotopic (exact) mass is 268 g/mol. The molecule has 5 rings (SSSR count). The van der Waals surface area contributed by atoms with E-state index in [0.29, 0.717) is 6.04 Å². The van der Waals surface area contributed by atoms with Crippen LogP contribution in [0.2, 0.25) is 0 Å². The van der Waals surface area contributed by atoms with Gasteiger partial charge >= 0.3 is 0 Å². The first-order valence-corrected chi connectivity index (χ1v) is 7.94. The lowest BCUT2D eigenvalue weighted by molar-refractivity contribution is 0.0944. The molecule has 2 bridgehead atoms. The van der Waals surface area contributed by atoms with Crippen LogP contribution >= 0.6 is 0 Å². The summed E-state index contributed by atoms with van der Waals surface area (Å²) >= 11 is 0. The Labute approximate surface area is 119 Å². The van der Waals surface area contributed by atoms with Gasteiger partial charge in [-0.2, -0.15) is 0 Å². The number of hydrogen-bond acceptors (Lipinski definition) is 2. The van der Waals surface area contributed by atoms with Crippen LogP contribution in [0.15, 0.2) is 18.2 Å². The van der Waals surface area contributed by atoms with Gasteiger partial charge in [0, 0.05) is 24.7 Å².